The van der Waals surface area contributed by atoms with Crippen LogP contribution in [0.2, 0.25) is 0 Å². The quantitative estimate of drug-likeness (QED) is 0.433. The first-order valence-electron chi connectivity index (χ1n) is 11.9. The summed E-state index contributed by atoms with van der Waals surface area (Å²) in [5.74, 6) is 0.948. The lowest BCUT2D eigenvalue weighted by molar-refractivity contribution is 0.00708. The van der Waals surface area contributed by atoms with Crippen LogP contribution >= 0.6 is 0 Å². The van der Waals surface area contributed by atoms with Gasteiger partial charge in [-0.05, 0) is 18.2 Å². The van der Waals surface area contributed by atoms with Crippen LogP contribution in [0.1, 0.15) is 27.0 Å². The SMILES string of the molecule is O=C1c2ccccc2C(=Nc2ccc3c(c2)OCCOCCOCCOCCO3)c2c(O)cccc21. The van der Waals surface area contributed by atoms with Crippen molar-refractivity contribution in [2.75, 3.05) is 52.9 Å². The van der Waals surface area contributed by atoms with Gasteiger partial charge >= 0.3 is 0 Å². The largest absolute Gasteiger partial charge is 0.507 e. The third-order valence-corrected chi connectivity index (χ3v) is 5.83. The van der Waals surface area contributed by atoms with Gasteiger partial charge in [-0.2, -0.15) is 0 Å². The number of phenolic OH excluding ortho intramolecular Hbond substituents is 1. The van der Waals surface area contributed by atoms with E-state index in [1.54, 1.807) is 36.4 Å². The zero-order chi connectivity index (χ0) is 24.7. The Labute approximate surface area is 209 Å². The first-order chi connectivity index (χ1) is 17.7. The van der Waals surface area contributed by atoms with Crippen LogP contribution in [-0.4, -0.2) is 69.5 Å². The summed E-state index contributed by atoms with van der Waals surface area (Å²) in [5, 5.41) is 10.7. The van der Waals surface area contributed by atoms with E-state index in [0.29, 0.717) is 98.0 Å². The molecule has 1 N–H and O–H groups in total. The molecule has 186 valence electrons. The molecule has 0 aromatic heterocycles. The van der Waals surface area contributed by atoms with E-state index in [2.05, 4.69) is 0 Å². The number of fused-ring (bicyclic) bond motifs is 3. The van der Waals surface area contributed by atoms with Crippen LogP contribution in [0.5, 0.6) is 17.2 Å². The molecule has 0 saturated carbocycles. The van der Waals surface area contributed by atoms with Crippen molar-refractivity contribution in [2.24, 2.45) is 4.99 Å². The van der Waals surface area contributed by atoms with E-state index in [9.17, 15) is 9.90 Å². The van der Waals surface area contributed by atoms with Crippen molar-refractivity contribution in [1.82, 2.24) is 0 Å². The van der Waals surface area contributed by atoms with Gasteiger partial charge in [0.25, 0.3) is 0 Å². The molecule has 1 aliphatic heterocycles. The van der Waals surface area contributed by atoms with Gasteiger partial charge in [0, 0.05) is 22.8 Å². The van der Waals surface area contributed by atoms with Crippen molar-refractivity contribution in [3.63, 3.8) is 0 Å². The van der Waals surface area contributed by atoms with Gasteiger partial charge in [0.05, 0.1) is 56.6 Å². The van der Waals surface area contributed by atoms with Crippen molar-refractivity contribution < 1.29 is 33.6 Å². The minimum atomic E-state index is -0.139. The Morgan fingerprint density at radius 3 is 1.97 bits per heavy atom. The molecule has 1 aliphatic carbocycles. The summed E-state index contributed by atoms with van der Waals surface area (Å²) in [6.45, 7) is 3.47. The number of carbonyl (C=O) groups excluding carboxylic acids is 1. The van der Waals surface area contributed by atoms with E-state index in [1.807, 2.05) is 24.3 Å². The number of ether oxygens (including phenoxy) is 5. The molecule has 8 nitrogen and oxygen atoms in total. The van der Waals surface area contributed by atoms with Crippen molar-refractivity contribution in [1.29, 1.82) is 0 Å². The summed E-state index contributed by atoms with van der Waals surface area (Å²) >= 11 is 0. The molecule has 1 heterocycles. The van der Waals surface area contributed by atoms with Gasteiger partial charge in [0.1, 0.15) is 19.0 Å². The third-order valence-electron chi connectivity index (χ3n) is 5.83. The minimum absolute atomic E-state index is 0.00372. The van der Waals surface area contributed by atoms with Gasteiger partial charge in [-0.15, -0.1) is 0 Å². The Balaban J connectivity index is 1.50. The fourth-order valence-electron chi connectivity index (χ4n) is 4.15. The Morgan fingerprint density at radius 2 is 1.25 bits per heavy atom. The van der Waals surface area contributed by atoms with E-state index in [1.165, 1.54) is 0 Å². The van der Waals surface area contributed by atoms with Crippen molar-refractivity contribution >= 4 is 17.2 Å². The highest BCUT2D eigenvalue weighted by Crippen LogP contribution is 2.37. The Bertz CT molecular complexity index is 1270. The van der Waals surface area contributed by atoms with Crippen molar-refractivity contribution in [2.45, 2.75) is 0 Å². The highest BCUT2D eigenvalue weighted by molar-refractivity contribution is 6.31. The van der Waals surface area contributed by atoms with Crippen LogP contribution < -0.4 is 9.47 Å². The zero-order valence-electron chi connectivity index (χ0n) is 19.8. The summed E-state index contributed by atoms with van der Waals surface area (Å²) in [6.07, 6.45) is 0. The molecule has 0 saturated heterocycles. The number of nitrogens with zero attached hydrogens (tertiary/aromatic N) is 1. The molecule has 0 bridgehead atoms. The van der Waals surface area contributed by atoms with Crippen molar-refractivity contribution in [3.05, 3.63) is 82.9 Å². The van der Waals surface area contributed by atoms with Gasteiger partial charge in [-0.25, -0.2) is 4.99 Å². The van der Waals surface area contributed by atoms with Crippen LogP contribution in [0.4, 0.5) is 5.69 Å². The third kappa shape index (κ3) is 5.26. The van der Waals surface area contributed by atoms with Gasteiger partial charge in [-0.3, -0.25) is 4.79 Å². The van der Waals surface area contributed by atoms with E-state index >= 15 is 0 Å². The number of ketones is 1. The lowest BCUT2D eigenvalue weighted by atomic mass is 9.83. The molecule has 8 heteroatoms. The zero-order valence-corrected chi connectivity index (χ0v) is 19.8. The fourth-order valence-corrected chi connectivity index (χ4v) is 4.15. The number of hydrogen-bond donors (Lipinski definition) is 1. The van der Waals surface area contributed by atoms with E-state index in [4.69, 9.17) is 28.7 Å². The average molecular weight is 490 g/mol. The first-order valence-corrected chi connectivity index (χ1v) is 11.9. The molecule has 2 aliphatic rings. The molecule has 0 spiro atoms. The second-order valence-electron chi connectivity index (χ2n) is 8.20. The summed E-state index contributed by atoms with van der Waals surface area (Å²) in [7, 11) is 0. The molecular formula is C28H27NO7. The summed E-state index contributed by atoms with van der Waals surface area (Å²) < 4.78 is 28.4. The number of aliphatic imine (C=N–C) groups is 1. The van der Waals surface area contributed by atoms with Crippen molar-refractivity contribution in [3.8, 4) is 17.2 Å². The lowest BCUT2D eigenvalue weighted by Crippen LogP contribution is -2.21. The van der Waals surface area contributed by atoms with E-state index < -0.39 is 0 Å². The number of hydrogen-bond acceptors (Lipinski definition) is 8. The molecule has 3 aromatic carbocycles. The first kappa shape index (κ1) is 24.0. The molecule has 0 atom stereocenters. The average Bonchev–Trinajstić information content (AvgIpc) is 2.90. The molecular weight excluding hydrogens is 462 g/mol. The summed E-state index contributed by atoms with van der Waals surface area (Å²) in [4.78, 5) is 17.9. The topological polar surface area (TPSA) is 95.8 Å². The van der Waals surface area contributed by atoms with Gasteiger partial charge in [-0.1, -0.05) is 36.4 Å². The summed E-state index contributed by atoms with van der Waals surface area (Å²) in [5.41, 5.74) is 3.16. The number of benzene rings is 3. The van der Waals surface area contributed by atoms with E-state index in [-0.39, 0.29) is 11.5 Å². The highest BCUT2D eigenvalue weighted by atomic mass is 16.6. The summed E-state index contributed by atoms with van der Waals surface area (Å²) in [6, 6.07) is 17.6. The molecule has 36 heavy (non-hydrogen) atoms. The Hall–Kier alpha value is -3.72. The maximum absolute atomic E-state index is 13.1. The van der Waals surface area contributed by atoms with E-state index in [0.717, 1.165) is 0 Å². The van der Waals surface area contributed by atoms with Crippen LogP contribution in [0.3, 0.4) is 0 Å². The number of aromatic hydroxyl groups is 1. The maximum Gasteiger partial charge on any atom is 0.194 e. The Morgan fingerprint density at radius 1 is 0.639 bits per heavy atom. The Kier molecular flexibility index (Phi) is 7.56. The molecule has 0 unspecified atom stereocenters. The predicted octanol–water partition coefficient (Wildman–Crippen LogP) is 3.93. The molecule has 3 aromatic rings. The smallest absolute Gasteiger partial charge is 0.194 e. The molecule has 5 rings (SSSR count). The maximum atomic E-state index is 13.1. The van der Waals surface area contributed by atoms with Crippen LogP contribution in [0.25, 0.3) is 0 Å². The minimum Gasteiger partial charge on any atom is -0.507 e. The number of phenols is 1. The molecule has 0 fully saturated rings. The standard InChI is InChI=1S/C28H27NO7/c30-23-7-3-6-22-26(23)27(20-4-1-2-5-21(20)28(22)31)29-19-8-9-24-25(18-19)36-17-15-34-13-11-32-10-12-33-14-16-35-24/h1-9,18,30H,10-17H2. The predicted molar refractivity (Wildman–Crippen MR) is 133 cm³/mol. The number of carbonyl (C=O) groups is 1. The molecule has 0 radical (unpaired) electrons. The number of rotatable bonds is 1. The normalized spacial score (nSPS) is 18.0. The fraction of sp³-hybridized carbons (Fsp3) is 0.286. The van der Waals surface area contributed by atoms with Crippen LogP contribution in [-0.2, 0) is 14.2 Å². The molecule has 0 amide bonds. The second-order valence-corrected chi connectivity index (χ2v) is 8.20. The second kappa shape index (κ2) is 11.3. The van der Waals surface area contributed by atoms with Gasteiger partial charge in [0.15, 0.2) is 17.3 Å². The van der Waals surface area contributed by atoms with Gasteiger partial charge < -0.3 is 28.8 Å². The highest BCUT2D eigenvalue weighted by Gasteiger charge is 2.30. The van der Waals surface area contributed by atoms with Crippen LogP contribution in [0, 0.1) is 0 Å². The monoisotopic (exact) mass is 489 g/mol. The van der Waals surface area contributed by atoms with Gasteiger partial charge in [0.2, 0.25) is 0 Å². The lowest BCUT2D eigenvalue weighted by Gasteiger charge is -2.21. The van der Waals surface area contributed by atoms with Crippen LogP contribution in [0.15, 0.2) is 65.7 Å².